The monoisotopic (exact) mass is 393 g/mol. The minimum atomic E-state index is -4.77. The topological polar surface area (TPSA) is 83.5 Å². The number of nitrogens with one attached hydrogen (secondary N) is 1. The van der Waals surface area contributed by atoms with Gasteiger partial charge in [0.15, 0.2) is 0 Å². The number of hydrogen-bond donors (Lipinski definition) is 2. The molecule has 2 N–H and O–H groups in total. The van der Waals surface area contributed by atoms with Crippen molar-refractivity contribution in [2.75, 3.05) is 5.88 Å². The van der Waals surface area contributed by atoms with Gasteiger partial charge in [-0.15, -0.1) is 0 Å². The number of allylic oxidation sites excluding steroid dienone is 2. The Morgan fingerprint density at radius 3 is 2.82 bits per heavy atom. The van der Waals surface area contributed by atoms with E-state index in [9.17, 15) is 17.6 Å². The van der Waals surface area contributed by atoms with Crippen molar-refractivity contribution >= 4 is 30.2 Å². The first-order valence-electron chi connectivity index (χ1n) is 7.55. The number of fused-ring (bicyclic) bond motifs is 1. The van der Waals surface area contributed by atoms with Gasteiger partial charge in [0.2, 0.25) is 0 Å². The molecule has 0 aromatic carbocycles. The summed E-state index contributed by atoms with van der Waals surface area (Å²) in [5.41, 5.74) is 0.665. The van der Waals surface area contributed by atoms with Crippen molar-refractivity contribution in [2.24, 2.45) is 5.92 Å². The second-order valence-electron chi connectivity index (χ2n) is 6.19. The molecule has 122 valence electrons. The van der Waals surface area contributed by atoms with Crippen LogP contribution in [-0.2, 0) is 12.5 Å². The van der Waals surface area contributed by atoms with E-state index in [1.807, 2.05) is 12.2 Å². The third-order valence-corrected chi connectivity index (χ3v) is 10.9. The molecule has 0 bridgehead atoms. The molecule has 0 unspecified atom stereocenters. The Morgan fingerprint density at radius 2 is 2.27 bits per heavy atom. The molecular formula is C15H20ClNO4Se. The molecule has 4 atom stereocenters. The quantitative estimate of drug-likeness (QED) is 0.330. The number of amides is 1. The second-order valence-corrected chi connectivity index (χ2v) is 11.4. The van der Waals surface area contributed by atoms with E-state index in [-0.39, 0.29) is 10.4 Å². The summed E-state index contributed by atoms with van der Waals surface area (Å²) in [6.45, 7) is 1.54. The zero-order valence-corrected chi connectivity index (χ0v) is 14.8. The number of halogens is 1. The Bertz CT molecular complexity index is 669. The number of carbonyl (C=O) groups excluding carboxylic acids is 1. The number of hydrogen-bond acceptors (Lipinski definition) is 4. The predicted molar refractivity (Wildman–Crippen MR) is 82.3 cm³/mol. The van der Waals surface area contributed by atoms with E-state index in [2.05, 4.69) is 5.32 Å². The molecule has 1 saturated heterocycles. The van der Waals surface area contributed by atoms with Crippen LogP contribution in [0.15, 0.2) is 22.2 Å². The second kappa shape index (κ2) is 5.45. The molecule has 0 spiro atoms. The summed E-state index contributed by atoms with van der Waals surface area (Å²) in [6, 6.07) is -0.612. The third-order valence-electron chi connectivity index (χ3n) is 5.21. The molecule has 2 aliphatic heterocycles. The molecule has 2 heterocycles. The maximum atomic E-state index is 13.0. The van der Waals surface area contributed by atoms with E-state index in [0.717, 1.165) is 12.8 Å². The normalized spacial score (nSPS) is 37.5. The Balaban J connectivity index is 2.06. The molecule has 1 fully saturated rings. The average Bonchev–Trinajstić information content (AvgIpc) is 2.62. The first-order chi connectivity index (χ1) is 10.4. The van der Waals surface area contributed by atoms with Gasteiger partial charge in [-0.25, -0.2) is 0 Å². The van der Waals surface area contributed by atoms with Gasteiger partial charge in [-0.3, -0.25) is 0 Å². The van der Waals surface area contributed by atoms with Crippen LogP contribution in [0.2, 0.25) is 4.31 Å². The molecule has 1 amide bonds. The number of β-lactam (4-membered cyclic amide) rings is 1. The molecule has 0 radical (unpaired) electrons. The number of alkyl halides is 1. The summed E-state index contributed by atoms with van der Waals surface area (Å²) < 4.78 is 24.5. The van der Waals surface area contributed by atoms with Gasteiger partial charge in [0, 0.05) is 0 Å². The van der Waals surface area contributed by atoms with E-state index >= 15 is 0 Å². The molecule has 0 aromatic heterocycles. The zero-order valence-electron chi connectivity index (χ0n) is 12.4. The van der Waals surface area contributed by atoms with Crippen LogP contribution in [0.3, 0.4) is 0 Å². The summed E-state index contributed by atoms with van der Waals surface area (Å²) in [5.74, 6) is -0.551. The fourth-order valence-electron chi connectivity index (χ4n) is 3.96. The van der Waals surface area contributed by atoms with Crippen molar-refractivity contribution in [3.05, 3.63) is 22.2 Å². The van der Waals surface area contributed by atoms with Crippen LogP contribution < -0.4 is 5.32 Å². The molecule has 1 aliphatic carbocycles. The van der Waals surface area contributed by atoms with Crippen LogP contribution >= 0.6 is 11.6 Å². The Hall–Kier alpha value is -0.681. The van der Waals surface area contributed by atoms with Crippen molar-refractivity contribution in [3.8, 4) is 0 Å². The van der Waals surface area contributed by atoms with Gasteiger partial charge in [0.1, 0.15) is 0 Å². The van der Waals surface area contributed by atoms with Crippen molar-refractivity contribution < 1.29 is 17.6 Å². The van der Waals surface area contributed by atoms with Gasteiger partial charge in [-0.2, -0.15) is 0 Å². The van der Waals surface area contributed by atoms with Crippen LogP contribution in [0.25, 0.3) is 0 Å². The summed E-state index contributed by atoms with van der Waals surface area (Å²) in [5, 5.41) is 13.5. The summed E-state index contributed by atoms with van der Waals surface area (Å²) in [7, 11) is 0. The average molecular weight is 393 g/mol. The van der Waals surface area contributed by atoms with E-state index < -0.39 is 35.1 Å². The van der Waals surface area contributed by atoms with E-state index in [1.165, 1.54) is 0 Å². The Kier molecular flexibility index (Phi) is 4.01. The summed E-state index contributed by atoms with van der Waals surface area (Å²) >= 11 is 1.01. The number of carbonyl (C=O) groups is 1. The van der Waals surface area contributed by atoms with Crippen LogP contribution in [0.1, 0.15) is 32.6 Å². The van der Waals surface area contributed by atoms with Gasteiger partial charge in [0.05, 0.1) is 0 Å². The van der Waals surface area contributed by atoms with Crippen LogP contribution in [0, 0.1) is 5.92 Å². The van der Waals surface area contributed by atoms with E-state index in [1.54, 1.807) is 6.92 Å². The molecule has 0 saturated carbocycles. The van der Waals surface area contributed by atoms with Crippen molar-refractivity contribution in [1.82, 2.24) is 5.32 Å². The van der Waals surface area contributed by atoms with Crippen LogP contribution in [-0.4, -0.2) is 41.7 Å². The molecule has 3 aliphatic rings. The van der Waals surface area contributed by atoms with Gasteiger partial charge < -0.3 is 0 Å². The standard InChI is InChI=1S/C15H20ClNO4Se/c1-9-11(7-8-16)12-15(14(19)17-12,22(9,20)21)13(18)10-5-3-2-4-6-10/h3,5,10,12-13,18H,2,4,6-8H2,1H3,(H,17,19)/t10-,12+,13+,15+/m1/s1. The van der Waals surface area contributed by atoms with Crippen molar-refractivity contribution in [3.63, 3.8) is 0 Å². The number of aliphatic hydroxyl groups excluding tert-OH is 1. The Morgan fingerprint density at radius 1 is 1.55 bits per heavy atom. The molecule has 0 aromatic rings. The number of rotatable bonds is 4. The van der Waals surface area contributed by atoms with Gasteiger partial charge >= 0.3 is 136 Å². The van der Waals surface area contributed by atoms with Crippen molar-refractivity contribution in [1.29, 1.82) is 0 Å². The fourth-order valence-corrected chi connectivity index (χ4v) is 9.16. The molecule has 22 heavy (non-hydrogen) atoms. The first-order valence-corrected chi connectivity index (χ1v) is 11.2. The summed E-state index contributed by atoms with van der Waals surface area (Å²) in [6.07, 6.45) is 5.56. The SMILES string of the molecule is CC1=C(CCCl)[C@@H]2NC(=O)[C@]2([C@@H](O)[C@@H]2C=CCCC2)[Se]1(=O)=O. The van der Waals surface area contributed by atoms with Crippen LogP contribution in [0.4, 0.5) is 0 Å². The fraction of sp³-hybridized carbons (Fsp3) is 0.667. The van der Waals surface area contributed by atoms with Crippen LogP contribution in [0.5, 0.6) is 0 Å². The first kappa shape index (κ1) is 16.2. The van der Waals surface area contributed by atoms with Gasteiger partial charge in [0.25, 0.3) is 0 Å². The molecule has 7 heteroatoms. The Labute approximate surface area is 136 Å². The maximum absolute atomic E-state index is 13.0. The zero-order chi connectivity index (χ0) is 16.1. The van der Waals surface area contributed by atoms with Gasteiger partial charge in [-0.05, 0) is 0 Å². The number of aliphatic hydroxyl groups is 1. The van der Waals surface area contributed by atoms with Gasteiger partial charge in [-0.1, -0.05) is 0 Å². The molecule has 5 nitrogen and oxygen atoms in total. The predicted octanol–water partition coefficient (Wildman–Crippen LogP) is 1.74. The van der Waals surface area contributed by atoms with Crippen molar-refractivity contribution in [2.45, 2.75) is 49.1 Å². The van der Waals surface area contributed by atoms with E-state index in [0.29, 0.717) is 24.3 Å². The summed E-state index contributed by atoms with van der Waals surface area (Å²) in [4.78, 5) is 12.3. The molecule has 3 rings (SSSR count). The van der Waals surface area contributed by atoms with E-state index in [4.69, 9.17) is 11.6 Å². The molecular weight excluding hydrogens is 373 g/mol. The third kappa shape index (κ3) is 1.84. The minimum absolute atomic E-state index is 0.263.